The summed E-state index contributed by atoms with van der Waals surface area (Å²) in [4.78, 5) is 19.7. The van der Waals surface area contributed by atoms with Crippen molar-refractivity contribution in [1.29, 1.82) is 5.26 Å². The van der Waals surface area contributed by atoms with Gasteiger partial charge in [-0.25, -0.2) is 0 Å². The minimum Gasteiger partial charge on any atom is -0.381 e. The van der Waals surface area contributed by atoms with Gasteiger partial charge in [0.15, 0.2) is 0 Å². The molecule has 0 saturated carbocycles. The quantitative estimate of drug-likeness (QED) is 0.748. The standard InChI is InChI=1S/C20H17Cl2N3O2/c1-11-15(9-23)18(14-3-2-12(21)8-16(14)22)19-17(24-11)10-25(20(19)26)13-4-6-27-7-5-13/h2-3,8,13H,4-7,10H2,1H3. The number of carbonyl (C=O) groups excluding carboxylic acids is 1. The zero-order chi connectivity index (χ0) is 19.1. The number of carbonyl (C=O) groups is 1. The van der Waals surface area contributed by atoms with E-state index in [-0.39, 0.29) is 11.9 Å². The third-order valence-electron chi connectivity index (χ3n) is 5.19. The highest BCUT2D eigenvalue weighted by atomic mass is 35.5. The van der Waals surface area contributed by atoms with Crippen LogP contribution in [-0.4, -0.2) is 35.0 Å². The normalized spacial score (nSPS) is 17.1. The van der Waals surface area contributed by atoms with E-state index < -0.39 is 0 Å². The Morgan fingerprint density at radius 3 is 2.67 bits per heavy atom. The first kappa shape index (κ1) is 18.2. The van der Waals surface area contributed by atoms with Crippen LogP contribution in [0.4, 0.5) is 0 Å². The van der Waals surface area contributed by atoms with Crippen molar-refractivity contribution >= 4 is 29.1 Å². The van der Waals surface area contributed by atoms with Crippen LogP contribution in [0.25, 0.3) is 11.1 Å². The number of nitriles is 1. The van der Waals surface area contributed by atoms with E-state index in [1.165, 1.54) is 0 Å². The van der Waals surface area contributed by atoms with Crippen molar-refractivity contribution in [3.63, 3.8) is 0 Å². The minimum absolute atomic E-state index is 0.0954. The number of pyridine rings is 1. The maximum Gasteiger partial charge on any atom is 0.257 e. The maximum atomic E-state index is 13.3. The van der Waals surface area contributed by atoms with Crippen molar-refractivity contribution in [1.82, 2.24) is 9.88 Å². The van der Waals surface area contributed by atoms with Crippen LogP contribution < -0.4 is 0 Å². The summed E-state index contributed by atoms with van der Waals surface area (Å²) in [5.41, 5.74) is 3.33. The van der Waals surface area contributed by atoms with E-state index >= 15 is 0 Å². The highest BCUT2D eigenvalue weighted by Gasteiger charge is 2.38. The van der Waals surface area contributed by atoms with Crippen LogP contribution >= 0.6 is 23.2 Å². The Labute approximate surface area is 167 Å². The molecule has 5 nitrogen and oxygen atoms in total. The second-order valence-electron chi connectivity index (χ2n) is 6.78. The fourth-order valence-corrected chi connectivity index (χ4v) is 4.38. The van der Waals surface area contributed by atoms with Gasteiger partial charge >= 0.3 is 0 Å². The first-order chi connectivity index (χ1) is 13.0. The maximum absolute atomic E-state index is 13.3. The largest absolute Gasteiger partial charge is 0.381 e. The summed E-state index contributed by atoms with van der Waals surface area (Å²) in [5.74, 6) is -0.0954. The lowest BCUT2D eigenvalue weighted by Crippen LogP contribution is -2.39. The van der Waals surface area contributed by atoms with Crippen LogP contribution in [0.1, 0.15) is 40.2 Å². The number of ether oxygens (including phenoxy) is 1. The smallest absolute Gasteiger partial charge is 0.257 e. The molecule has 2 aromatic rings. The number of aromatic nitrogens is 1. The lowest BCUT2D eigenvalue weighted by molar-refractivity contribution is 0.0302. The van der Waals surface area contributed by atoms with Crippen molar-refractivity contribution in [2.45, 2.75) is 32.4 Å². The Hall–Kier alpha value is -2.13. The predicted octanol–water partition coefficient (Wildman–Crippen LogP) is 4.37. The number of benzene rings is 1. The lowest BCUT2D eigenvalue weighted by Gasteiger charge is -2.30. The van der Waals surface area contributed by atoms with E-state index in [1.807, 2.05) is 4.90 Å². The number of hydrogen-bond acceptors (Lipinski definition) is 4. The molecule has 7 heteroatoms. The van der Waals surface area contributed by atoms with Crippen molar-refractivity contribution in [3.8, 4) is 17.2 Å². The van der Waals surface area contributed by atoms with Gasteiger partial charge in [-0.3, -0.25) is 9.78 Å². The monoisotopic (exact) mass is 401 g/mol. The van der Waals surface area contributed by atoms with Crippen molar-refractivity contribution in [2.24, 2.45) is 0 Å². The fraction of sp³-hybridized carbons (Fsp3) is 0.350. The molecule has 0 unspecified atom stereocenters. The first-order valence-electron chi connectivity index (χ1n) is 8.79. The molecule has 138 valence electrons. The molecule has 4 rings (SSSR count). The van der Waals surface area contributed by atoms with Crippen molar-refractivity contribution in [3.05, 3.63) is 50.8 Å². The molecule has 3 heterocycles. The SMILES string of the molecule is Cc1nc2c(c(-c3ccc(Cl)cc3Cl)c1C#N)C(=O)N(C1CCOCC1)C2. The molecule has 1 aromatic heterocycles. The van der Waals surface area contributed by atoms with E-state index in [9.17, 15) is 10.1 Å². The van der Waals surface area contributed by atoms with Crippen LogP contribution in [0.5, 0.6) is 0 Å². The number of fused-ring (bicyclic) bond motifs is 1. The van der Waals surface area contributed by atoms with Gasteiger partial charge in [-0.05, 0) is 31.9 Å². The molecule has 0 spiro atoms. The van der Waals surface area contributed by atoms with Gasteiger partial charge in [-0.15, -0.1) is 0 Å². The summed E-state index contributed by atoms with van der Waals surface area (Å²) in [5, 5.41) is 10.6. The molecule has 0 bridgehead atoms. The summed E-state index contributed by atoms with van der Waals surface area (Å²) in [6.45, 7) is 3.53. The molecule has 1 saturated heterocycles. The molecule has 2 aliphatic heterocycles. The van der Waals surface area contributed by atoms with Crippen LogP contribution in [0.2, 0.25) is 10.0 Å². The third kappa shape index (κ3) is 3.08. The topological polar surface area (TPSA) is 66.2 Å². The van der Waals surface area contributed by atoms with E-state index in [0.717, 1.165) is 12.8 Å². The van der Waals surface area contributed by atoms with Gasteiger partial charge in [0.05, 0.1) is 29.1 Å². The number of halogens is 2. The van der Waals surface area contributed by atoms with Crippen LogP contribution in [0.3, 0.4) is 0 Å². The van der Waals surface area contributed by atoms with Gasteiger partial charge in [-0.1, -0.05) is 29.3 Å². The van der Waals surface area contributed by atoms with Crippen LogP contribution in [0, 0.1) is 18.3 Å². The Bertz CT molecular complexity index is 978. The summed E-state index contributed by atoms with van der Waals surface area (Å²) in [6, 6.07) is 7.42. The van der Waals surface area contributed by atoms with E-state index in [1.54, 1.807) is 25.1 Å². The Morgan fingerprint density at radius 2 is 2.00 bits per heavy atom. The zero-order valence-electron chi connectivity index (χ0n) is 14.8. The van der Waals surface area contributed by atoms with Crippen LogP contribution in [0.15, 0.2) is 18.2 Å². The molecule has 1 aromatic carbocycles. The molecule has 27 heavy (non-hydrogen) atoms. The van der Waals surface area contributed by atoms with Crippen molar-refractivity contribution in [2.75, 3.05) is 13.2 Å². The highest BCUT2D eigenvalue weighted by Crippen LogP contribution is 2.40. The van der Waals surface area contributed by atoms with Gasteiger partial charge in [0.1, 0.15) is 6.07 Å². The lowest BCUT2D eigenvalue weighted by atomic mass is 9.93. The van der Waals surface area contributed by atoms with Crippen LogP contribution in [-0.2, 0) is 11.3 Å². The number of aryl methyl sites for hydroxylation is 1. The molecule has 2 aliphatic rings. The van der Waals surface area contributed by atoms with Gasteiger partial charge in [-0.2, -0.15) is 5.26 Å². The molecule has 0 aliphatic carbocycles. The molecular formula is C20H17Cl2N3O2. The fourth-order valence-electron chi connectivity index (χ4n) is 3.88. The minimum atomic E-state index is -0.0954. The third-order valence-corrected chi connectivity index (χ3v) is 5.74. The van der Waals surface area contributed by atoms with E-state index in [2.05, 4.69) is 11.1 Å². The second kappa shape index (κ2) is 7.12. The average molecular weight is 402 g/mol. The van der Waals surface area contributed by atoms with E-state index in [4.69, 9.17) is 27.9 Å². The molecule has 0 N–H and O–H groups in total. The highest BCUT2D eigenvalue weighted by molar-refractivity contribution is 6.36. The summed E-state index contributed by atoms with van der Waals surface area (Å²) >= 11 is 12.5. The Balaban J connectivity index is 1.89. The molecule has 0 atom stereocenters. The van der Waals surface area contributed by atoms with Gasteiger partial charge in [0.25, 0.3) is 5.91 Å². The number of hydrogen-bond donors (Lipinski definition) is 0. The number of amides is 1. The summed E-state index contributed by atoms with van der Waals surface area (Å²) < 4.78 is 5.42. The summed E-state index contributed by atoms with van der Waals surface area (Å²) in [7, 11) is 0. The molecule has 1 amide bonds. The van der Waals surface area contributed by atoms with Gasteiger partial charge < -0.3 is 9.64 Å². The predicted molar refractivity (Wildman–Crippen MR) is 103 cm³/mol. The summed E-state index contributed by atoms with van der Waals surface area (Å²) in [6.07, 6.45) is 1.61. The van der Waals surface area contributed by atoms with E-state index in [0.29, 0.717) is 63.4 Å². The second-order valence-corrected chi connectivity index (χ2v) is 7.63. The molecular weight excluding hydrogens is 385 g/mol. The van der Waals surface area contributed by atoms with Gasteiger partial charge in [0.2, 0.25) is 0 Å². The molecule has 1 fully saturated rings. The number of nitrogens with zero attached hydrogens (tertiary/aromatic N) is 3. The Kier molecular flexibility index (Phi) is 4.81. The molecule has 0 radical (unpaired) electrons. The zero-order valence-corrected chi connectivity index (χ0v) is 16.3. The average Bonchev–Trinajstić information content (AvgIpc) is 2.98. The Morgan fingerprint density at radius 1 is 1.26 bits per heavy atom. The number of rotatable bonds is 2. The van der Waals surface area contributed by atoms with Crippen molar-refractivity contribution < 1.29 is 9.53 Å². The first-order valence-corrected chi connectivity index (χ1v) is 9.54. The van der Waals surface area contributed by atoms with Gasteiger partial charge in [0, 0.05) is 40.4 Å².